The van der Waals surface area contributed by atoms with Crippen molar-refractivity contribution in [2.45, 2.75) is 18.9 Å². The lowest BCUT2D eigenvalue weighted by Crippen LogP contribution is -2.36. The maximum Gasteiger partial charge on any atom is 0.119 e. The number of nitrogen functional groups attached to an aromatic ring is 1. The van der Waals surface area contributed by atoms with Crippen molar-refractivity contribution in [3.8, 4) is 5.75 Å². The maximum atomic E-state index is 5.83. The third-order valence-corrected chi connectivity index (χ3v) is 3.46. The number of rotatable bonds is 3. The molecule has 0 bridgehead atoms. The van der Waals surface area contributed by atoms with Crippen LogP contribution < -0.4 is 15.8 Å². The number of ether oxygens (including phenoxy) is 1. The molecule has 0 saturated heterocycles. The van der Waals surface area contributed by atoms with Gasteiger partial charge < -0.3 is 15.8 Å². The Bertz CT molecular complexity index is 540. The first-order valence-electron chi connectivity index (χ1n) is 6.64. The van der Waals surface area contributed by atoms with E-state index in [1.54, 1.807) is 0 Å². The van der Waals surface area contributed by atoms with Gasteiger partial charge in [-0.1, -0.05) is 12.2 Å². The predicted molar refractivity (Wildman–Crippen MR) is 77.8 cm³/mol. The van der Waals surface area contributed by atoms with E-state index in [0.29, 0.717) is 6.61 Å². The summed E-state index contributed by atoms with van der Waals surface area (Å²) in [5, 5.41) is 3.36. The third-order valence-electron chi connectivity index (χ3n) is 3.46. The Morgan fingerprint density at radius 3 is 2.79 bits per heavy atom. The van der Waals surface area contributed by atoms with Crippen LogP contribution in [0.25, 0.3) is 0 Å². The fourth-order valence-corrected chi connectivity index (χ4v) is 2.45. The normalized spacial score (nSPS) is 20.9. The van der Waals surface area contributed by atoms with Crippen LogP contribution in [0.1, 0.15) is 12.8 Å². The van der Waals surface area contributed by atoms with Gasteiger partial charge in [0.25, 0.3) is 0 Å². The molecular weight excluding hydrogens is 236 g/mol. The molecule has 1 aromatic carbocycles. The Morgan fingerprint density at radius 2 is 1.95 bits per heavy atom. The zero-order valence-electron chi connectivity index (χ0n) is 10.8. The maximum absolute atomic E-state index is 5.83. The van der Waals surface area contributed by atoms with Gasteiger partial charge in [-0.05, 0) is 60.5 Å². The molecule has 1 aromatic rings. The number of nitrogens with one attached hydrogen (secondary N) is 1. The first kappa shape index (κ1) is 11.9. The molecule has 0 spiro atoms. The highest BCUT2D eigenvalue weighted by Gasteiger charge is 2.20. The summed E-state index contributed by atoms with van der Waals surface area (Å²) in [5.74, 6) is 0.854. The molecule has 19 heavy (non-hydrogen) atoms. The van der Waals surface area contributed by atoms with E-state index in [1.165, 1.54) is 11.1 Å². The van der Waals surface area contributed by atoms with E-state index in [9.17, 15) is 0 Å². The Morgan fingerprint density at radius 1 is 1.16 bits per heavy atom. The van der Waals surface area contributed by atoms with E-state index in [0.717, 1.165) is 24.3 Å². The number of nitrogens with two attached hydrogens (primary N) is 1. The predicted octanol–water partition coefficient (Wildman–Crippen LogP) is 2.78. The van der Waals surface area contributed by atoms with E-state index in [-0.39, 0.29) is 6.04 Å². The van der Waals surface area contributed by atoms with Crippen LogP contribution in [0.5, 0.6) is 5.75 Å². The summed E-state index contributed by atoms with van der Waals surface area (Å²) in [7, 11) is 0. The second kappa shape index (κ2) is 5.22. The minimum atomic E-state index is 0.231. The van der Waals surface area contributed by atoms with Gasteiger partial charge in [0.15, 0.2) is 0 Å². The molecule has 0 aromatic heterocycles. The molecule has 3 rings (SSSR count). The lowest BCUT2D eigenvalue weighted by Gasteiger charge is -2.27. The smallest absolute Gasteiger partial charge is 0.119 e. The Labute approximate surface area is 113 Å². The third kappa shape index (κ3) is 2.65. The molecule has 0 amide bonds. The zero-order chi connectivity index (χ0) is 13.1. The van der Waals surface area contributed by atoms with Crippen molar-refractivity contribution in [2.24, 2.45) is 0 Å². The van der Waals surface area contributed by atoms with Crippen LogP contribution in [-0.2, 0) is 0 Å². The number of hydrogen-bond acceptors (Lipinski definition) is 3. The molecule has 1 aliphatic carbocycles. The number of anilines is 1. The minimum absolute atomic E-state index is 0.231. The molecule has 1 atom stereocenters. The lowest BCUT2D eigenvalue weighted by atomic mass is 9.90. The highest BCUT2D eigenvalue weighted by molar-refractivity contribution is 5.47. The molecule has 1 aliphatic heterocycles. The first-order chi connectivity index (χ1) is 9.33. The molecule has 3 nitrogen and oxygen atoms in total. The van der Waals surface area contributed by atoms with Gasteiger partial charge in [-0.25, -0.2) is 0 Å². The second-order valence-electron chi connectivity index (χ2n) is 4.83. The van der Waals surface area contributed by atoms with Crippen molar-refractivity contribution in [3.63, 3.8) is 0 Å². The van der Waals surface area contributed by atoms with E-state index < -0.39 is 0 Å². The molecular formula is C16H18N2O. The van der Waals surface area contributed by atoms with Crippen LogP contribution in [-0.4, -0.2) is 12.6 Å². The number of fused-ring (bicyclic) bond motifs is 1. The molecule has 0 radical (unpaired) electrons. The van der Waals surface area contributed by atoms with Crippen LogP contribution in [0, 0.1) is 0 Å². The number of hydrogen-bond donors (Lipinski definition) is 2. The Kier molecular flexibility index (Phi) is 3.27. The van der Waals surface area contributed by atoms with Crippen molar-refractivity contribution >= 4 is 5.69 Å². The topological polar surface area (TPSA) is 47.3 Å². The van der Waals surface area contributed by atoms with Crippen LogP contribution in [0.4, 0.5) is 5.69 Å². The minimum Gasteiger partial charge on any atom is -0.491 e. The fourth-order valence-electron chi connectivity index (χ4n) is 2.45. The Balaban J connectivity index is 1.67. The molecule has 0 fully saturated rings. The molecule has 98 valence electrons. The molecule has 3 heteroatoms. The van der Waals surface area contributed by atoms with Crippen molar-refractivity contribution in [1.29, 1.82) is 0 Å². The zero-order valence-corrected chi connectivity index (χ0v) is 10.8. The highest BCUT2D eigenvalue weighted by Crippen LogP contribution is 2.26. The second-order valence-corrected chi connectivity index (χ2v) is 4.83. The summed E-state index contributed by atoms with van der Waals surface area (Å²) in [6.07, 6.45) is 11.0. The quantitative estimate of drug-likeness (QED) is 0.815. The van der Waals surface area contributed by atoms with Crippen LogP contribution in [0.3, 0.4) is 0 Å². The summed E-state index contributed by atoms with van der Waals surface area (Å²) < 4.78 is 5.83. The van der Waals surface area contributed by atoms with Gasteiger partial charge in [0, 0.05) is 5.69 Å². The Hall–Kier alpha value is -2.16. The first-order valence-corrected chi connectivity index (χ1v) is 6.64. The summed E-state index contributed by atoms with van der Waals surface area (Å²) in [6, 6.07) is 7.75. The van der Waals surface area contributed by atoms with Gasteiger partial charge in [0.05, 0.1) is 6.04 Å². The molecule has 1 unspecified atom stereocenters. The molecule has 2 aliphatic rings. The summed E-state index contributed by atoms with van der Waals surface area (Å²) >= 11 is 0. The van der Waals surface area contributed by atoms with Gasteiger partial charge >= 0.3 is 0 Å². The average Bonchev–Trinajstić information content (AvgIpc) is 2.47. The van der Waals surface area contributed by atoms with Crippen LogP contribution >= 0.6 is 0 Å². The molecule has 1 heterocycles. The molecule has 0 saturated carbocycles. The fraction of sp³-hybridized carbons (Fsp3) is 0.250. The lowest BCUT2D eigenvalue weighted by molar-refractivity contribution is 0.289. The number of benzene rings is 1. The van der Waals surface area contributed by atoms with Gasteiger partial charge in [0.1, 0.15) is 12.4 Å². The summed E-state index contributed by atoms with van der Waals surface area (Å²) in [5.41, 5.74) is 9.10. The monoisotopic (exact) mass is 254 g/mol. The largest absolute Gasteiger partial charge is 0.491 e. The van der Waals surface area contributed by atoms with E-state index >= 15 is 0 Å². The standard InChI is InChI=1S/C16H18N2O/c17-13-5-7-14(8-6-13)19-11-16-15-4-2-1-3-12(15)9-10-18-16/h3-10,16,18H,1-2,11,17H2. The van der Waals surface area contributed by atoms with E-state index in [4.69, 9.17) is 10.5 Å². The van der Waals surface area contributed by atoms with Gasteiger partial charge in [-0.15, -0.1) is 0 Å². The van der Waals surface area contributed by atoms with Crippen LogP contribution in [0.15, 0.2) is 59.8 Å². The number of allylic oxidation sites excluding steroid dienone is 3. The van der Waals surface area contributed by atoms with Crippen LogP contribution in [0.2, 0.25) is 0 Å². The summed E-state index contributed by atoms with van der Waals surface area (Å²) in [4.78, 5) is 0. The summed E-state index contributed by atoms with van der Waals surface area (Å²) in [6.45, 7) is 0.622. The van der Waals surface area contributed by atoms with E-state index in [2.05, 4.69) is 23.5 Å². The SMILES string of the molecule is Nc1ccc(OCC2NC=CC3=CCCC=C32)cc1. The highest BCUT2D eigenvalue weighted by atomic mass is 16.5. The van der Waals surface area contributed by atoms with E-state index in [1.807, 2.05) is 30.5 Å². The average molecular weight is 254 g/mol. The van der Waals surface area contributed by atoms with Crippen molar-refractivity contribution in [1.82, 2.24) is 5.32 Å². The van der Waals surface area contributed by atoms with Crippen molar-refractivity contribution in [3.05, 3.63) is 59.8 Å². The van der Waals surface area contributed by atoms with Crippen molar-refractivity contribution < 1.29 is 4.74 Å². The van der Waals surface area contributed by atoms with Crippen molar-refractivity contribution in [2.75, 3.05) is 12.3 Å². The van der Waals surface area contributed by atoms with Gasteiger partial charge in [-0.2, -0.15) is 0 Å². The van der Waals surface area contributed by atoms with Gasteiger partial charge in [0.2, 0.25) is 0 Å². The van der Waals surface area contributed by atoms with Gasteiger partial charge in [-0.3, -0.25) is 0 Å². The molecule has 3 N–H and O–H groups in total.